The summed E-state index contributed by atoms with van der Waals surface area (Å²) in [6.07, 6.45) is 0.920. The minimum atomic E-state index is -0.203. The molecule has 0 bridgehead atoms. The number of benzene rings is 1. The highest BCUT2D eigenvalue weighted by Gasteiger charge is 2.34. The van der Waals surface area contributed by atoms with Crippen molar-refractivity contribution in [3.8, 4) is 5.75 Å². The second-order valence-electron chi connectivity index (χ2n) is 4.89. The Morgan fingerprint density at radius 1 is 1.56 bits per heavy atom. The molecule has 0 amide bonds. The van der Waals surface area contributed by atoms with Crippen molar-refractivity contribution in [2.75, 3.05) is 26.9 Å². The molecule has 1 aromatic rings. The summed E-state index contributed by atoms with van der Waals surface area (Å²) in [4.78, 5) is 0. The van der Waals surface area contributed by atoms with Crippen molar-refractivity contribution < 1.29 is 14.6 Å². The molecule has 0 aromatic heterocycles. The molecule has 2 N–H and O–H groups in total. The van der Waals surface area contributed by atoms with Gasteiger partial charge in [0, 0.05) is 32.7 Å². The van der Waals surface area contributed by atoms with Crippen LogP contribution in [0.3, 0.4) is 0 Å². The molecular formula is C14H21NO3. The lowest BCUT2D eigenvalue weighted by atomic mass is 10.0. The first-order valence-corrected chi connectivity index (χ1v) is 6.30. The SMILES string of the molecule is COC1(CNC(C)c2cccc(O)c2)CCOC1. The molecule has 1 heterocycles. The molecule has 100 valence electrons. The molecule has 2 unspecified atom stereocenters. The van der Waals surface area contributed by atoms with Gasteiger partial charge in [0.05, 0.1) is 6.61 Å². The molecule has 0 saturated carbocycles. The fourth-order valence-electron chi connectivity index (χ4n) is 2.21. The Labute approximate surface area is 108 Å². The summed E-state index contributed by atoms with van der Waals surface area (Å²) in [5, 5.41) is 12.9. The molecule has 0 spiro atoms. The summed E-state index contributed by atoms with van der Waals surface area (Å²) in [5.41, 5.74) is 0.866. The van der Waals surface area contributed by atoms with Gasteiger partial charge in [-0.05, 0) is 24.6 Å². The van der Waals surface area contributed by atoms with Gasteiger partial charge in [-0.3, -0.25) is 0 Å². The van der Waals surface area contributed by atoms with E-state index >= 15 is 0 Å². The zero-order chi connectivity index (χ0) is 13.0. The minimum Gasteiger partial charge on any atom is -0.508 e. The van der Waals surface area contributed by atoms with Gasteiger partial charge < -0.3 is 19.9 Å². The van der Waals surface area contributed by atoms with Crippen LogP contribution in [0.15, 0.2) is 24.3 Å². The fourth-order valence-corrected chi connectivity index (χ4v) is 2.21. The Hall–Kier alpha value is -1.10. The van der Waals surface area contributed by atoms with Crippen LogP contribution in [0.1, 0.15) is 24.9 Å². The maximum absolute atomic E-state index is 9.47. The predicted molar refractivity (Wildman–Crippen MR) is 69.7 cm³/mol. The summed E-state index contributed by atoms with van der Waals surface area (Å²) in [6, 6.07) is 7.49. The van der Waals surface area contributed by atoms with E-state index in [1.165, 1.54) is 0 Å². The third-order valence-electron chi connectivity index (χ3n) is 3.60. The van der Waals surface area contributed by atoms with Crippen LogP contribution in [0.25, 0.3) is 0 Å². The Morgan fingerprint density at radius 2 is 2.39 bits per heavy atom. The zero-order valence-corrected chi connectivity index (χ0v) is 11.0. The Bertz CT molecular complexity index is 388. The number of ether oxygens (including phenoxy) is 2. The third kappa shape index (κ3) is 3.02. The van der Waals surface area contributed by atoms with Crippen molar-refractivity contribution in [1.82, 2.24) is 5.32 Å². The summed E-state index contributed by atoms with van der Waals surface area (Å²) in [7, 11) is 1.73. The summed E-state index contributed by atoms with van der Waals surface area (Å²) in [6.45, 7) is 4.23. The highest BCUT2D eigenvalue weighted by Crippen LogP contribution is 2.23. The summed E-state index contributed by atoms with van der Waals surface area (Å²) < 4.78 is 11.0. The largest absolute Gasteiger partial charge is 0.508 e. The van der Waals surface area contributed by atoms with E-state index in [4.69, 9.17) is 9.47 Å². The van der Waals surface area contributed by atoms with Gasteiger partial charge in [0.25, 0.3) is 0 Å². The van der Waals surface area contributed by atoms with E-state index < -0.39 is 0 Å². The molecule has 0 aliphatic carbocycles. The first kappa shape index (κ1) is 13.3. The van der Waals surface area contributed by atoms with E-state index in [-0.39, 0.29) is 11.6 Å². The van der Waals surface area contributed by atoms with Crippen LogP contribution in [0.2, 0.25) is 0 Å². The van der Waals surface area contributed by atoms with Crippen molar-refractivity contribution in [1.29, 1.82) is 0 Å². The van der Waals surface area contributed by atoms with Gasteiger partial charge in [0.15, 0.2) is 0 Å². The second-order valence-corrected chi connectivity index (χ2v) is 4.89. The van der Waals surface area contributed by atoms with E-state index in [0.29, 0.717) is 12.4 Å². The molecule has 1 aliphatic rings. The van der Waals surface area contributed by atoms with Crippen molar-refractivity contribution in [2.24, 2.45) is 0 Å². The molecule has 4 nitrogen and oxygen atoms in total. The average molecular weight is 251 g/mol. The van der Waals surface area contributed by atoms with E-state index in [1.807, 2.05) is 12.1 Å². The van der Waals surface area contributed by atoms with Gasteiger partial charge in [-0.15, -0.1) is 0 Å². The lowest BCUT2D eigenvalue weighted by Gasteiger charge is -2.28. The van der Waals surface area contributed by atoms with Crippen molar-refractivity contribution in [3.63, 3.8) is 0 Å². The molecule has 18 heavy (non-hydrogen) atoms. The van der Waals surface area contributed by atoms with E-state index in [9.17, 15) is 5.11 Å². The second kappa shape index (κ2) is 5.69. The molecular weight excluding hydrogens is 230 g/mol. The maximum atomic E-state index is 9.47. The van der Waals surface area contributed by atoms with Crippen LogP contribution >= 0.6 is 0 Å². The van der Waals surface area contributed by atoms with Crippen molar-refractivity contribution >= 4 is 0 Å². The first-order valence-electron chi connectivity index (χ1n) is 6.30. The molecule has 1 saturated heterocycles. The number of phenols is 1. The molecule has 2 rings (SSSR count). The number of phenolic OH excluding ortho intramolecular Hbond substituents is 1. The molecule has 4 heteroatoms. The number of methoxy groups -OCH3 is 1. The number of aromatic hydroxyl groups is 1. The van der Waals surface area contributed by atoms with Crippen LogP contribution in [0.5, 0.6) is 5.75 Å². The van der Waals surface area contributed by atoms with Gasteiger partial charge in [0.2, 0.25) is 0 Å². The normalized spacial score (nSPS) is 25.2. The molecule has 1 fully saturated rings. The van der Waals surface area contributed by atoms with Crippen molar-refractivity contribution in [2.45, 2.75) is 25.0 Å². The van der Waals surface area contributed by atoms with E-state index in [2.05, 4.69) is 12.2 Å². The number of hydrogen-bond acceptors (Lipinski definition) is 4. The number of nitrogens with one attached hydrogen (secondary N) is 1. The van der Waals surface area contributed by atoms with Crippen LogP contribution in [0.4, 0.5) is 0 Å². The molecule has 1 aromatic carbocycles. The lowest BCUT2D eigenvalue weighted by molar-refractivity contribution is -0.0172. The van der Waals surface area contributed by atoms with Crippen LogP contribution < -0.4 is 5.32 Å². The maximum Gasteiger partial charge on any atom is 0.115 e. The molecule has 1 aliphatic heterocycles. The third-order valence-corrected chi connectivity index (χ3v) is 3.60. The average Bonchev–Trinajstić information content (AvgIpc) is 2.85. The monoisotopic (exact) mass is 251 g/mol. The molecule has 2 atom stereocenters. The first-order chi connectivity index (χ1) is 8.65. The predicted octanol–water partition coefficient (Wildman–Crippen LogP) is 1.85. The van der Waals surface area contributed by atoms with Crippen LogP contribution in [0, 0.1) is 0 Å². The quantitative estimate of drug-likeness (QED) is 0.838. The molecule has 0 radical (unpaired) electrons. The van der Waals surface area contributed by atoms with Gasteiger partial charge in [-0.1, -0.05) is 12.1 Å². The zero-order valence-electron chi connectivity index (χ0n) is 11.0. The van der Waals surface area contributed by atoms with Crippen LogP contribution in [-0.2, 0) is 9.47 Å². The Balaban J connectivity index is 1.93. The topological polar surface area (TPSA) is 50.7 Å². The standard InChI is InChI=1S/C14H21NO3/c1-11(12-4-3-5-13(16)8-12)15-9-14(17-2)6-7-18-10-14/h3-5,8,11,15-16H,6-7,9-10H2,1-2H3. The van der Waals surface area contributed by atoms with Crippen molar-refractivity contribution in [3.05, 3.63) is 29.8 Å². The highest BCUT2D eigenvalue weighted by molar-refractivity contribution is 5.29. The summed E-state index contributed by atoms with van der Waals surface area (Å²) >= 11 is 0. The van der Waals surface area contributed by atoms with Gasteiger partial charge in [-0.25, -0.2) is 0 Å². The highest BCUT2D eigenvalue weighted by atomic mass is 16.5. The van der Waals surface area contributed by atoms with Gasteiger partial charge >= 0.3 is 0 Å². The smallest absolute Gasteiger partial charge is 0.115 e. The van der Waals surface area contributed by atoms with E-state index in [0.717, 1.165) is 25.1 Å². The number of rotatable bonds is 5. The lowest BCUT2D eigenvalue weighted by Crippen LogP contribution is -2.43. The summed E-state index contributed by atoms with van der Waals surface area (Å²) in [5.74, 6) is 0.298. The van der Waals surface area contributed by atoms with Gasteiger partial charge in [-0.2, -0.15) is 0 Å². The fraction of sp³-hybridized carbons (Fsp3) is 0.571. The minimum absolute atomic E-state index is 0.171. The van der Waals surface area contributed by atoms with Crippen LogP contribution in [-0.4, -0.2) is 37.6 Å². The Morgan fingerprint density at radius 3 is 3.00 bits per heavy atom. The van der Waals surface area contributed by atoms with Gasteiger partial charge in [0.1, 0.15) is 11.4 Å². The number of hydrogen-bond donors (Lipinski definition) is 2. The Kier molecular flexibility index (Phi) is 4.22. The van der Waals surface area contributed by atoms with E-state index in [1.54, 1.807) is 19.2 Å².